The van der Waals surface area contributed by atoms with Crippen LogP contribution in [-0.4, -0.2) is 40.2 Å². The average molecular weight is 341 g/mol. The summed E-state index contributed by atoms with van der Waals surface area (Å²) in [6, 6.07) is 4.09. The van der Waals surface area contributed by atoms with Gasteiger partial charge in [-0.2, -0.15) is 13.2 Å². The Hall–Kier alpha value is -2.68. The fourth-order valence-corrected chi connectivity index (χ4v) is 1.71. The molecule has 2 N–H and O–H groups in total. The van der Waals surface area contributed by atoms with Crippen LogP contribution in [-0.2, 0) is 6.18 Å². The summed E-state index contributed by atoms with van der Waals surface area (Å²) in [5.41, 5.74) is -0.681. The summed E-state index contributed by atoms with van der Waals surface area (Å²) in [7, 11) is 0. The molecule has 0 spiro atoms. The number of aliphatic hydroxyl groups excluding tert-OH is 1. The molecule has 0 fully saturated rings. The van der Waals surface area contributed by atoms with E-state index in [1.165, 1.54) is 18.6 Å². The molecule has 128 valence electrons. The molecule has 6 nitrogen and oxygen atoms in total. The molecule has 0 aliphatic rings. The maximum atomic E-state index is 12.4. The van der Waals surface area contributed by atoms with Gasteiger partial charge in [-0.3, -0.25) is 9.78 Å². The van der Waals surface area contributed by atoms with Crippen molar-refractivity contribution < 1.29 is 27.8 Å². The molecule has 9 heteroatoms. The molecule has 1 heterocycles. The lowest BCUT2D eigenvalue weighted by molar-refractivity contribution is -0.137. The summed E-state index contributed by atoms with van der Waals surface area (Å²) in [6.45, 7) is -0.290. The lowest BCUT2D eigenvalue weighted by atomic mass is 10.2. The Kier molecular flexibility index (Phi) is 5.69. The van der Waals surface area contributed by atoms with Gasteiger partial charge in [-0.15, -0.1) is 0 Å². The van der Waals surface area contributed by atoms with Crippen LogP contribution >= 0.6 is 0 Å². The Morgan fingerprint density at radius 3 is 2.54 bits per heavy atom. The van der Waals surface area contributed by atoms with Gasteiger partial charge < -0.3 is 15.2 Å². The second-order valence-corrected chi connectivity index (χ2v) is 4.79. The third-order valence-corrected chi connectivity index (χ3v) is 2.92. The van der Waals surface area contributed by atoms with Crippen LogP contribution in [0.1, 0.15) is 16.1 Å². The third kappa shape index (κ3) is 5.20. The third-order valence-electron chi connectivity index (χ3n) is 2.92. The standard InChI is InChI=1S/C15H14F3N3O3/c16-15(17,18)10-1-3-12(4-2-10)24-9-11(22)7-21-14(23)13-8-19-5-6-20-13/h1-6,8,11,22H,7,9H2,(H,21,23)/t11-/m0/s1. The highest BCUT2D eigenvalue weighted by Gasteiger charge is 2.30. The van der Waals surface area contributed by atoms with Crippen molar-refractivity contribution in [3.63, 3.8) is 0 Å². The summed E-state index contributed by atoms with van der Waals surface area (Å²) in [5.74, 6) is -0.320. The quantitative estimate of drug-likeness (QED) is 0.835. The van der Waals surface area contributed by atoms with Crippen molar-refractivity contribution in [3.8, 4) is 5.75 Å². The first kappa shape index (κ1) is 17.7. The van der Waals surface area contributed by atoms with E-state index in [1.807, 2.05) is 0 Å². The van der Waals surface area contributed by atoms with Gasteiger partial charge in [0, 0.05) is 18.9 Å². The Bertz CT molecular complexity index is 663. The van der Waals surface area contributed by atoms with Crippen molar-refractivity contribution in [2.45, 2.75) is 12.3 Å². The summed E-state index contributed by atoms with van der Waals surface area (Å²) in [4.78, 5) is 19.2. The van der Waals surface area contributed by atoms with Gasteiger partial charge in [0.2, 0.25) is 0 Å². The van der Waals surface area contributed by atoms with E-state index >= 15 is 0 Å². The number of nitrogens with one attached hydrogen (secondary N) is 1. The zero-order valence-corrected chi connectivity index (χ0v) is 12.3. The first-order valence-electron chi connectivity index (χ1n) is 6.88. The van der Waals surface area contributed by atoms with Crippen molar-refractivity contribution in [1.82, 2.24) is 15.3 Å². The van der Waals surface area contributed by atoms with Crippen LogP contribution in [0.2, 0.25) is 0 Å². The number of rotatable bonds is 6. The van der Waals surface area contributed by atoms with Crippen LogP contribution in [0, 0.1) is 0 Å². The molecule has 0 aliphatic heterocycles. The first-order chi connectivity index (χ1) is 11.4. The summed E-state index contributed by atoms with van der Waals surface area (Å²) in [6.07, 6.45) is -1.39. The van der Waals surface area contributed by atoms with Crippen LogP contribution in [0.15, 0.2) is 42.9 Å². The highest BCUT2D eigenvalue weighted by atomic mass is 19.4. The zero-order valence-electron chi connectivity index (χ0n) is 12.3. The van der Waals surface area contributed by atoms with E-state index in [2.05, 4.69) is 15.3 Å². The van der Waals surface area contributed by atoms with Gasteiger partial charge in [-0.05, 0) is 24.3 Å². The SMILES string of the molecule is O=C(NC[C@H](O)COc1ccc(C(F)(F)F)cc1)c1cnccn1. The minimum Gasteiger partial charge on any atom is -0.491 e. The highest BCUT2D eigenvalue weighted by molar-refractivity contribution is 5.91. The maximum Gasteiger partial charge on any atom is 0.416 e. The van der Waals surface area contributed by atoms with Crippen molar-refractivity contribution in [2.24, 2.45) is 0 Å². The monoisotopic (exact) mass is 341 g/mol. The summed E-state index contributed by atoms with van der Waals surface area (Å²) >= 11 is 0. The Balaban J connectivity index is 1.77. The topological polar surface area (TPSA) is 84.3 Å². The lowest BCUT2D eigenvalue weighted by Gasteiger charge is -2.13. The molecule has 0 saturated carbocycles. The number of halogens is 3. The minimum absolute atomic E-state index is 0.101. The molecule has 2 aromatic rings. The van der Waals surface area contributed by atoms with Crippen LogP contribution in [0.4, 0.5) is 13.2 Å². The van der Waals surface area contributed by atoms with Gasteiger partial charge in [-0.1, -0.05) is 0 Å². The van der Waals surface area contributed by atoms with Gasteiger partial charge >= 0.3 is 6.18 Å². The molecule has 24 heavy (non-hydrogen) atoms. The predicted octanol–water partition coefficient (Wildman–Crippen LogP) is 1.67. The number of carbonyl (C=O) groups is 1. The highest BCUT2D eigenvalue weighted by Crippen LogP contribution is 2.30. The van der Waals surface area contributed by atoms with E-state index in [0.29, 0.717) is 0 Å². The number of alkyl halides is 3. The van der Waals surface area contributed by atoms with Crippen LogP contribution in [0.25, 0.3) is 0 Å². The second-order valence-electron chi connectivity index (χ2n) is 4.79. The fraction of sp³-hybridized carbons (Fsp3) is 0.267. The van der Waals surface area contributed by atoms with Crippen LogP contribution < -0.4 is 10.1 Å². The molecule has 0 unspecified atom stereocenters. The number of nitrogens with zero attached hydrogens (tertiary/aromatic N) is 2. The minimum atomic E-state index is -4.41. The van der Waals surface area contributed by atoms with Crippen LogP contribution in [0.3, 0.4) is 0 Å². The van der Waals surface area contributed by atoms with Crippen molar-refractivity contribution >= 4 is 5.91 Å². The van der Waals surface area contributed by atoms with E-state index in [1.54, 1.807) is 0 Å². The van der Waals surface area contributed by atoms with Gasteiger partial charge in [0.25, 0.3) is 5.91 Å². The molecule has 1 atom stereocenters. The molecular weight excluding hydrogens is 327 g/mol. The molecule has 0 aliphatic carbocycles. The Labute approximate surface area is 135 Å². The molecule has 0 bridgehead atoms. The van der Waals surface area contributed by atoms with E-state index in [-0.39, 0.29) is 24.6 Å². The summed E-state index contributed by atoms with van der Waals surface area (Å²) < 4.78 is 42.4. The van der Waals surface area contributed by atoms with Gasteiger partial charge in [0.05, 0.1) is 11.8 Å². The van der Waals surface area contributed by atoms with Crippen molar-refractivity contribution in [3.05, 3.63) is 54.1 Å². The normalized spacial score (nSPS) is 12.5. The number of amides is 1. The van der Waals surface area contributed by atoms with E-state index < -0.39 is 23.8 Å². The molecule has 1 amide bonds. The number of benzene rings is 1. The number of aliphatic hydroxyl groups is 1. The van der Waals surface area contributed by atoms with E-state index in [9.17, 15) is 23.1 Å². The molecule has 0 radical (unpaired) electrons. The Morgan fingerprint density at radius 2 is 1.96 bits per heavy atom. The number of hydrogen-bond donors (Lipinski definition) is 2. The van der Waals surface area contributed by atoms with Crippen molar-refractivity contribution in [1.29, 1.82) is 0 Å². The van der Waals surface area contributed by atoms with Crippen molar-refractivity contribution in [2.75, 3.05) is 13.2 Å². The molecule has 1 aromatic carbocycles. The Morgan fingerprint density at radius 1 is 1.25 bits per heavy atom. The summed E-state index contributed by atoms with van der Waals surface area (Å²) in [5, 5.41) is 12.2. The second kappa shape index (κ2) is 7.73. The molecule has 2 rings (SSSR count). The number of carbonyl (C=O) groups excluding carboxylic acids is 1. The zero-order chi connectivity index (χ0) is 17.6. The molecule has 1 aromatic heterocycles. The largest absolute Gasteiger partial charge is 0.491 e. The number of aromatic nitrogens is 2. The first-order valence-corrected chi connectivity index (χ1v) is 6.88. The van der Waals surface area contributed by atoms with Gasteiger partial charge in [-0.25, -0.2) is 4.98 Å². The maximum absolute atomic E-state index is 12.4. The van der Waals surface area contributed by atoms with Gasteiger partial charge in [0.15, 0.2) is 0 Å². The van der Waals surface area contributed by atoms with Crippen LogP contribution in [0.5, 0.6) is 5.75 Å². The fourth-order valence-electron chi connectivity index (χ4n) is 1.71. The number of ether oxygens (including phenoxy) is 1. The predicted molar refractivity (Wildman–Crippen MR) is 77.3 cm³/mol. The van der Waals surface area contributed by atoms with E-state index in [4.69, 9.17) is 4.74 Å². The van der Waals surface area contributed by atoms with E-state index in [0.717, 1.165) is 24.3 Å². The lowest BCUT2D eigenvalue weighted by Crippen LogP contribution is -2.35. The number of hydrogen-bond acceptors (Lipinski definition) is 5. The molecular formula is C15H14F3N3O3. The molecule has 0 saturated heterocycles. The smallest absolute Gasteiger partial charge is 0.416 e. The average Bonchev–Trinajstić information content (AvgIpc) is 2.58. The van der Waals surface area contributed by atoms with Gasteiger partial charge in [0.1, 0.15) is 24.2 Å².